The number of hydrogen-bond donors (Lipinski definition) is 6. The number of aliphatic hydroxyl groups is 2. The Morgan fingerprint density at radius 1 is 0.586 bits per heavy atom. The normalized spacial score (nSPS) is 19.0. The van der Waals surface area contributed by atoms with Gasteiger partial charge in [0.05, 0.1) is 34.0 Å². The van der Waals surface area contributed by atoms with Gasteiger partial charge in [0.25, 0.3) is 11.8 Å². The molecule has 12 heteroatoms. The number of aliphatic hydroxyl groups excluding tert-OH is 2. The molecule has 0 bridgehead atoms. The summed E-state index contributed by atoms with van der Waals surface area (Å²) in [7, 11) is 0. The Hall–Kier alpha value is -5.95. The van der Waals surface area contributed by atoms with Gasteiger partial charge in [-0.3, -0.25) is 14.2 Å². The van der Waals surface area contributed by atoms with Gasteiger partial charge in [-0.2, -0.15) is 0 Å². The van der Waals surface area contributed by atoms with Gasteiger partial charge in [-0.15, -0.1) is 0 Å². The molecule has 0 aliphatic heterocycles. The predicted octanol–water partition coefficient (Wildman–Crippen LogP) is 8.53. The molecule has 2 aliphatic carbocycles. The van der Waals surface area contributed by atoms with E-state index in [1.54, 1.807) is 23.9 Å². The monoisotopic (exact) mass is 798 g/mol. The summed E-state index contributed by atoms with van der Waals surface area (Å²) in [5.41, 5.74) is 15.4. The summed E-state index contributed by atoms with van der Waals surface area (Å²) in [6, 6.07) is 39.4. The minimum atomic E-state index is -0.469. The maximum Gasteiger partial charge on any atom is 0.250 e. The van der Waals surface area contributed by atoms with Gasteiger partial charge in [0, 0.05) is 52.5 Å². The minimum Gasteiger partial charge on any atom is -0.440 e. The van der Waals surface area contributed by atoms with Crippen LogP contribution in [0.15, 0.2) is 144 Å². The van der Waals surface area contributed by atoms with Crippen molar-refractivity contribution in [1.29, 1.82) is 0 Å². The largest absolute Gasteiger partial charge is 0.440 e. The zero-order chi connectivity index (χ0) is 40.4. The molecule has 0 unspecified atom stereocenters. The Bertz CT molecular complexity index is 2120. The summed E-state index contributed by atoms with van der Waals surface area (Å²) in [5, 5.41) is 27.5. The van der Waals surface area contributed by atoms with Gasteiger partial charge in [0.1, 0.15) is 5.75 Å². The molecule has 0 radical (unpaired) electrons. The van der Waals surface area contributed by atoms with E-state index in [1.165, 1.54) is 4.90 Å². The van der Waals surface area contributed by atoms with E-state index in [9.17, 15) is 19.8 Å². The van der Waals surface area contributed by atoms with Crippen LogP contribution in [0.4, 0.5) is 11.4 Å². The van der Waals surface area contributed by atoms with Crippen LogP contribution >= 0.6 is 11.8 Å². The van der Waals surface area contributed by atoms with Crippen molar-refractivity contribution in [3.8, 4) is 23.0 Å². The zero-order valence-electron chi connectivity index (χ0n) is 32.2. The molecule has 0 atom stereocenters. The number of nitrogens with one attached hydrogen (secondary N) is 2. The average Bonchev–Trinajstić information content (AvgIpc) is 3.90. The van der Waals surface area contributed by atoms with Crippen molar-refractivity contribution in [2.75, 3.05) is 10.6 Å². The summed E-state index contributed by atoms with van der Waals surface area (Å²) in [6.07, 6.45) is 10.0. The fourth-order valence-corrected chi connectivity index (χ4v) is 8.40. The van der Waals surface area contributed by atoms with Crippen LogP contribution in [0, 0.1) is 0 Å². The van der Waals surface area contributed by atoms with Crippen molar-refractivity contribution < 1.29 is 24.5 Å². The number of benzene rings is 4. The average molecular weight is 799 g/mol. The molecule has 2 fully saturated rings. The first-order valence-electron chi connectivity index (χ1n) is 19.8. The topological polar surface area (TPSA) is 170 Å². The summed E-state index contributed by atoms with van der Waals surface area (Å²) < 4.78 is 10.0. The molecule has 300 valence electrons. The molecule has 8 N–H and O–H groups in total. The lowest BCUT2D eigenvalue weighted by atomic mass is 9.92. The second-order valence-corrected chi connectivity index (χ2v) is 15.8. The Morgan fingerprint density at radius 3 is 1.60 bits per heavy atom. The van der Waals surface area contributed by atoms with Gasteiger partial charge in [0.2, 0.25) is 5.88 Å². The summed E-state index contributed by atoms with van der Waals surface area (Å²) >= 11 is 1.69. The van der Waals surface area contributed by atoms with Crippen LogP contribution < -0.4 is 26.8 Å². The number of para-hydroxylation sites is 1. The van der Waals surface area contributed by atoms with Crippen molar-refractivity contribution in [3.63, 3.8) is 0 Å². The molecule has 58 heavy (non-hydrogen) atoms. The molecule has 11 nitrogen and oxygen atoms in total. The number of nitrogens with two attached hydrogens (primary N) is 2. The number of nitrogens with zero attached hydrogens (tertiary/aromatic N) is 2. The Morgan fingerprint density at radius 2 is 1.07 bits per heavy atom. The highest BCUT2D eigenvalue weighted by atomic mass is 32.2. The van der Waals surface area contributed by atoms with Gasteiger partial charge in [-0.25, -0.2) is 0 Å². The Kier molecular flexibility index (Phi) is 13.2. The lowest BCUT2D eigenvalue weighted by molar-refractivity contribution is 0.0992. The third-order valence-electron chi connectivity index (χ3n) is 10.6. The standard InChI is InChI=1S/C23H25N3O3.C23H25N3O2S/c2*24-23(28)20-13-10-17(15-21(20)25-16-8-11-18(27)12-9-16)26-14-4-7-22(26)29-19-5-2-1-3-6-19/h2*1-7,10,13-16,18,25,27H,8-9,11-12H2,(H2,24,28). The second kappa shape index (κ2) is 19.0. The highest BCUT2D eigenvalue weighted by Gasteiger charge is 2.23. The van der Waals surface area contributed by atoms with E-state index in [0.29, 0.717) is 22.7 Å². The molecular formula is C46H50N6O5S. The first-order valence-corrected chi connectivity index (χ1v) is 20.6. The smallest absolute Gasteiger partial charge is 0.250 e. The van der Waals surface area contributed by atoms with E-state index in [-0.39, 0.29) is 24.3 Å². The number of carbonyl (C=O) groups is 2. The van der Waals surface area contributed by atoms with Crippen molar-refractivity contribution in [2.24, 2.45) is 11.5 Å². The van der Waals surface area contributed by atoms with E-state index in [0.717, 1.165) is 79.2 Å². The molecule has 4 aromatic carbocycles. The number of amides is 2. The molecule has 2 heterocycles. The van der Waals surface area contributed by atoms with E-state index in [1.807, 2.05) is 108 Å². The Balaban J connectivity index is 0.000000177. The van der Waals surface area contributed by atoms with Gasteiger partial charge in [-0.05, 0) is 130 Å². The van der Waals surface area contributed by atoms with Crippen molar-refractivity contribution >= 4 is 35.0 Å². The van der Waals surface area contributed by atoms with Crippen molar-refractivity contribution in [1.82, 2.24) is 9.13 Å². The summed E-state index contributed by atoms with van der Waals surface area (Å²) in [6.45, 7) is 0. The quantitative estimate of drug-likeness (QED) is 0.0716. The van der Waals surface area contributed by atoms with Gasteiger partial charge in [0.15, 0.2) is 0 Å². The third-order valence-corrected chi connectivity index (χ3v) is 11.6. The zero-order valence-corrected chi connectivity index (χ0v) is 33.1. The first kappa shape index (κ1) is 40.3. The van der Waals surface area contributed by atoms with Crippen molar-refractivity contribution in [3.05, 3.63) is 145 Å². The fraction of sp³-hybridized carbons (Fsp3) is 0.261. The number of ether oxygens (including phenoxy) is 1. The first-order chi connectivity index (χ1) is 28.2. The predicted molar refractivity (Wildman–Crippen MR) is 229 cm³/mol. The van der Waals surface area contributed by atoms with E-state index < -0.39 is 11.8 Å². The molecule has 2 aromatic heterocycles. The fourth-order valence-electron chi connectivity index (χ4n) is 7.45. The van der Waals surface area contributed by atoms with Gasteiger partial charge >= 0.3 is 0 Å². The lowest BCUT2D eigenvalue weighted by Gasteiger charge is -2.28. The van der Waals surface area contributed by atoms with Crippen LogP contribution in [0.2, 0.25) is 0 Å². The number of primary amides is 2. The van der Waals surface area contributed by atoms with Crippen LogP contribution in [-0.4, -0.2) is 55.5 Å². The molecule has 2 amide bonds. The van der Waals surface area contributed by atoms with Crippen molar-refractivity contribution in [2.45, 2.75) is 85.6 Å². The molecule has 6 aromatic rings. The van der Waals surface area contributed by atoms with E-state index in [4.69, 9.17) is 16.2 Å². The van der Waals surface area contributed by atoms with Crippen LogP contribution in [0.25, 0.3) is 11.4 Å². The molecule has 2 saturated carbocycles. The van der Waals surface area contributed by atoms with Gasteiger partial charge < -0.3 is 41.6 Å². The van der Waals surface area contributed by atoms with Crippen LogP contribution in [0.1, 0.15) is 72.1 Å². The lowest BCUT2D eigenvalue weighted by Crippen LogP contribution is -2.29. The number of hydrogen-bond acceptors (Lipinski definition) is 8. The highest BCUT2D eigenvalue weighted by Crippen LogP contribution is 2.33. The number of carbonyl (C=O) groups excluding carboxylic acids is 2. The van der Waals surface area contributed by atoms with Crippen LogP contribution in [0.3, 0.4) is 0 Å². The SMILES string of the molecule is NC(=O)c1ccc(-n2cccc2Oc2ccccc2)cc1NC1CCC(O)CC1.NC(=O)c1ccc(-n2cccc2Sc2ccccc2)cc1NC1CCC(O)CC1. The minimum absolute atomic E-state index is 0.205. The maximum absolute atomic E-state index is 12.0. The third kappa shape index (κ3) is 10.3. The maximum atomic E-state index is 12.0. The number of anilines is 2. The second-order valence-electron chi connectivity index (χ2n) is 14.8. The Labute approximate surface area is 343 Å². The number of rotatable bonds is 12. The van der Waals surface area contributed by atoms with Gasteiger partial charge in [-0.1, -0.05) is 48.2 Å². The summed E-state index contributed by atoms with van der Waals surface area (Å²) in [5.74, 6) is 0.513. The molecule has 0 saturated heterocycles. The molecule has 8 rings (SSSR count). The molecule has 0 spiro atoms. The van der Waals surface area contributed by atoms with Crippen LogP contribution in [-0.2, 0) is 0 Å². The molecular weight excluding hydrogens is 749 g/mol. The molecule has 2 aliphatic rings. The van der Waals surface area contributed by atoms with E-state index in [2.05, 4.69) is 33.4 Å². The summed E-state index contributed by atoms with van der Waals surface area (Å²) in [4.78, 5) is 25.1. The highest BCUT2D eigenvalue weighted by molar-refractivity contribution is 7.99. The number of aromatic nitrogens is 2. The van der Waals surface area contributed by atoms with E-state index >= 15 is 0 Å². The van der Waals surface area contributed by atoms with Crippen LogP contribution in [0.5, 0.6) is 11.6 Å².